The van der Waals surface area contributed by atoms with E-state index in [1.54, 1.807) is 44.8 Å². The highest BCUT2D eigenvalue weighted by molar-refractivity contribution is 7.09. The quantitative estimate of drug-likeness (QED) is 0.268. The van der Waals surface area contributed by atoms with Gasteiger partial charge >= 0.3 is 0 Å². The van der Waals surface area contributed by atoms with Crippen molar-refractivity contribution < 1.29 is 19.0 Å². The van der Waals surface area contributed by atoms with Crippen LogP contribution < -0.4 is 19.1 Å². The Labute approximate surface area is 226 Å². The number of amides is 1. The van der Waals surface area contributed by atoms with E-state index in [2.05, 4.69) is 21.3 Å². The van der Waals surface area contributed by atoms with Crippen molar-refractivity contribution in [2.75, 3.05) is 33.3 Å². The summed E-state index contributed by atoms with van der Waals surface area (Å²) in [7, 11) is 6.80. The fraction of sp³-hybridized carbons (Fsp3) is 0.345. The second-order valence-corrected chi connectivity index (χ2v) is 10.5. The zero-order valence-corrected chi connectivity index (χ0v) is 23.2. The number of methoxy groups -OCH3 is 3. The number of rotatable bonds is 10. The van der Waals surface area contributed by atoms with Crippen molar-refractivity contribution in [2.24, 2.45) is 0 Å². The topological polar surface area (TPSA) is 77.0 Å². The minimum absolute atomic E-state index is 0.0817. The van der Waals surface area contributed by atoms with Crippen LogP contribution in [0.15, 0.2) is 47.8 Å². The first-order valence-corrected chi connectivity index (χ1v) is 13.4. The second-order valence-electron chi connectivity index (χ2n) is 9.45. The summed E-state index contributed by atoms with van der Waals surface area (Å²) in [4.78, 5) is 27.7. The fourth-order valence-electron chi connectivity index (χ4n) is 4.70. The Morgan fingerprint density at radius 3 is 2.50 bits per heavy atom. The highest BCUT2D eigenvalue weighted by Crippen LogP contribution is 2.37. The maximum absolute atomic E-state index is 13.9. The van der Waals surface area contributed by atoms with Crippen LogP contribution in [-0.2, 0) is 13.1 Å². The normalized spacial score (nSPS) is 12.9. The number of thiazole rings is 1. The first-order chi connectivity index (χ1) is 18.4. The van der Waals surface area contributed by atoms with Crippen LogP contribution in [0.5, 0.6) is 17.2 Å². The van der Waals surface area contributed by atoms with Crippen molar-refractivity contribution in [2.45, 2.75) is 38.9 Å². The van der Waals surface area contributed by atoms with Crippen LogP contribution in [0.1, 0.15) is 39.5 Å². The van der Waals surface area contributed by atoms with Crippen molar-refractivity contribution >= 4 is 34.0 Å². The molecule has 0 atom stereocenters. The predicted molar refractivity (Wildman–Crippen MR) is 150 cm³/mol. The molecule has 0 bridgehead atoms. The van der Waals surface area contributed by atoms with Gasteiger partial charge < -0.3 is 24.0 Å². The van der Waals surface area contributed by atoms with Crippen LogP contribution >= 0.6 is 11.3 Å². The number of aryl methyl sites for hydroxylation is 1. The number of hydrogen-bond donors (Lipinski definition) is 0. The number of aromatic nitrogens is 2. The third-order valence-corrected chi connectivity index (χ3v) is 7.55. The fourth-order valence-corrected chi connectivity index (χ4v) is 5.30. The maximum Gasteiger partial charge on any atom is 0.258 e. The van der Waals surface area contributed by atoms with E-state index < -0.39 is 0 Å². The summed E-state index contributed by atoms with van der Waals surface area (Å²) >= 11 is 1.63. The van der Waals surface area contributed by atoms with Crippen molar-refractivity contribution in [3.05, 3.63) is 69.7 Å². The Morgan fingerprint density at radius 2 is 1.84 bits per heavy atom. The summed E-state index contributed by atoms with van der Waals surface area (Å²) in [5.41, 5.74) is 3.29. The molecule has 0 N–H and O–H groups in total. The molecule has 1 amide bonds. The van der Waals surface area contributed by atoms with E-state index in [0.717, 1.165) is 51.6 Å². The molecule has 2 aromatic heterocycles. The van der Waals surface area contributed by atoms with Gasteiger partial charge in [0.1, 0.15) is 11.6 Å². The molecular formula is C29H32N4O4S. The smallest absolute Gasteiger partial charge is 0.258 e. The molecule has 2 aromatic carbocycles. The summed E-state index contributed by atoms with van der Waals surface area (Å²) in [5.74, 6) is 2.47. The third kappa shape index (κ3) is 5.24. The molecule has 1 fully saturated rings. The molecule has 0 unspecified atom stereocenters. The SMILES string of the molecule is COc1ccc2cc(CN(C(=O)c3cccc(OC)c3OC)C3CC3)c(N(C)Cc3csc(C)n3)nc2c1. The standard InChI is InChI=1S/C29H32N4O4S/c1-18-30-21(17-38-18)16-32(2)28-20(13-19-9-12-23(35-3)14-25(19)31-28)15-33(22-10-11-22)29(34)24-7-6-8-26(36-4)27(24)37-5/h6-9,12-14,17,22H,10-11,15-16H2,1-5H3. The molecule has 1 saturated carbocycles. The summed E-state index contributed by atoms with van der Waals surface area (Å²) in [6, 6.07) is 13.6. The number of nitrogens with zero attached hydrogens (tertiary/aromatic N) is 4. The van der Waals surface area contributed by atoms with Crippen LogP contribution in [0.3, 0.4) is 0 Å². The van der Waals surface area contributed by atoms with Gasteiger partial charge in [-0.05, 0) is 50.1 Å². The molecule has 8 nitrogen and oxygen atoms in total. The lowest BCUT2D eigenvalue weighted by Gasteiger charge is -2.27. The van der Waals surface area contributed by atoms with E-state index in [9.17, 15) is 4.79 Å². The van der Waals surface area contributed by atoms with Crippen LogP contribution in [-0.4, -0.2) is 55.2 Å². The average Bonchev–Trinajstić information content (AvgIpc) is 3.70. The molecule has 0 radical (unpaired) electrons. The number of para-hydroxylation sites is 1. The first-order valence-electron chi connectivity index (χ1n) is 12.5. The molecule has 1 aliphatic rings. The third-order valence-electron chi connectivity index (χ3n) is 6.73. The summed E-state index contributed by atoms with van der Waals surface area (Å²) in [6.45, 7) is 3.04. The van der Waals surface area contributed by atoms with Crippen LogP contribution in [0.25, 0.3) is 10.9 Å². The lowest BCUT2D eigenvalue weighted by molar-refractivity contribution is 0.0726. The molecule has 2 heterocycles. The minimum Gasteiger partial charge on any atom is -0.497 e. The van der Waals surface area contributed by atoms with Gasteiger partial charge in [0.25, 0.3) is 5.91 Å². The van der Waals surface area contributed by atoms with Gasteiger partial charge in [-0.15, -0.1) is 11.3 Å². The van der Waals surface area contributed by atoms with E-state index in [0.29, 0.717) is 30.2 Å². The Bertz CT molecular complexity index is 1470. The predicted octanol–water partition coefficient (Wildman–Crippen LogP) is 5.47. The lowest BCUT2D eigenvalue weighted by atomic mass is 10.1. The van der Waals surface area contributed by atoms with E-state index in [4.69, 9.17) is 19.2 Å². The van der Waals surface area contributed by atoms with E-state index in [1.165, 1.54) is 0 Å². The van der Waals surface area contributed by atoms with Gasteiger partial charge in [-0.25, -0.2) is 9.97 Å². The molecule has 1 aliphatic carbocycles. The number of carbonyl (C=O) groups is 1. The van der Waals surface area contributed by atoms with Crippen molar-refractivity contribution in [3.8, 4) is 17.2 Å². The van der Waals surface area contributed by atoms with Gasteiger partial charge in [0.2, 0.25) is 0 Å². The van der Waals surface area contributed by atoms with E-state index in [1.807, 2.05) is 43.1 Å². The highest BCUT2D eigenvalue weighted by Gasteiger charge is 2.35. The number of benzene rings is 2. The number of anilines is 1. The molecule has 0 spiro atoms. The van der Waals surface area contributed by atoms with E-state index >= 15 is 0 Å². The van der Waals surface area contributed by atoms with Gasteiger partial charge in [-0.2, -0.15) is 0 Å². The van der Waals surface area contributed by atoms with Crippen molar-refractivity contribution in [3.63, 3.8) is 0 Å². The molecule has 38 heavy (non-hydrogen) atoms. The number of carbonyl (C=O) groups excluding carboxylic acids is 1. The van der Waals surface area contributed by atoms with Gasteiger partial charge in [-0.3, -0.25) is 4.79 Å². The average molecular weight is 533 g/mol. The van der Waals surface area contributed by atoms with Crippen LogP contribution in [0.2, 0.25) is 0 Å². The Balaban J connectivity index is 1.55. The molecule has 5 rings (SSSR count). The monoisotopic (exact) mass is 532 g/mol. The zero-order valence-electron chi connectivity index (χ0n) is 22.4. The van der Waals surface area contributed by atoms with Crippen LogP contribution in [0, 0.1) is 6.92 Å². The molecular weight excluding hydrogens is 500 g/mol. The molecule has 0 saturated heterocycles. The zero-order chi connectivity index (χ0) is 26.8. The first kappa shape index (κ1) is 25.8. The van der Waals surface area contributed by atoms with Crippen molar-refractivity contribution in [1.29, 1.82) is 0 Å². The van der Waals surface area contributed by atoms with Crippen molar-refractivity contribution in [1.82, 2.24) is 14.9 Å². The Kier molecular flexibility index (Phi) is 7.37. The number of ether oxygens (including phenoxy) is 3. The van der Waals surface area contributed by atoms with E-state index in [-0.39, 0.29) is 11.9 Å². The Morgan fingerprint density at radius 1 is 1.03 bits per heavy atom. The summed E-state index contributed by atoms with van der Waals surface area (Å²) < 4.78 is 16.5. The lowest BCUT2D eigenvalue weighted by Crippen LogP contribution is -2.34. The molecule has 0 aliphatic heterocycles. The largest absolute Gasteiger partial charge is 0.497 e. The molecule has 4 aromatic rings. The Hall–Kier alpha value is -3.85. The number of hydrogen-bond acceptors (Lipinski definition) is 8. The molecule has 9 heteroatoms. The minimum atomic E-state index is -0.0817. The van der Waals surface area contributed by atoms with Gasteiger partial charge in [0, 0.05) is 42.0 Å². The van der Waals surface area contributed by atoms with Crippen LogP contribution in [0.4, 0.5) is 5.82 Å². The maximum atomic E-state index is 13.9. The number of pyridine rings is 1. The number of fused-ring (bicyclic) bond motifs is 1. The molecule has 198 valence electrons. The van der Waals surface area contributed by atoms with Gasteiger partial charge in [-0.1, -0.05) is 6.07 Å². The highest BCUT2D eigenvalue weighted by atomic mass is 32.1. The summed E-state index contributed by atoms with van der Waals surface area (Å²) in [6.07, 6.45) is 1.94. The van der Waals surface area contributed by atoms with Gasteiger partial charge in [0.15, 0.2) is 11.5 Å². The second kappa shape index (κ2) is 10.9. The summed E-state index contributed by atoms with van der Waals surface area (Å²) in [5, 5.41) is 4.09. The van der Waals surface area contributed by atoms with Gasteiger partial charge in [0.05, 0.1) is 49.7 Å².